The minimum Gasteiger partial charge on any atom is -0.369 e. The van der Waals surface area contributed by atoms with Crippen LogP contribution in [0.15, 0.2) is 24.3 Å². The van der Waals surface area contributed by atoms with Crippen LogP contribution < -0.4 is 0 Å². The fourth-order valence-electron chi connectivity index (χ4n) is 1.98. The molecule has 17 heavy (non-hydrogen) atoms. The Morgan fingerprint density at radius 3 is 2.65 bits per heavy atom. The summed E-state index contributed by atoms with van der Waals surface area (Å²) in [6, 6.07) is 5.39. The van der Waals surface area contributed by atoms with Crippen LogP contribution in [0.2, 0.25) is 0 Å². The van der Waals surface area contributed by atoms with Gasteiger partial charge in [0.05, 0.1) is 17.8 Å². The first-order chi connectivity index (χ1) is 8.00. The van der Waals surface area contributed by atoms with Gasteiger partial charge in [-0.15, -0.1) is 0 Å². The van der Waals surface area contributed by atoms with Gasteiger partial charge in [-0.3, -0.25) is 0 Å². The van der Waals surface area contributed by atoms with Gasteiger partial charge in [-0.05, 0) is 30.5 Å². The maximum absolute atomic E-state index is 12.5. The van der Waals surface area contributed by atoms with Crippen LogP contribution in [0, 0.1) is 0 Å². The second-order valence-corrected chi connectivity index (χ2v) is 4.75. The van der Waals surface area contributed by atoms with E-state index in [9.17, 15) is 13.2 Å². The Bertz CT molecular complexity index is 392. The Hall–Kier alpha value is -0.550. The lowest BCUT2D eigenvalue weighted by Crippen LogP contribution is -2.09. The van der Waals surface area contributed by atoms with Crippen LogP contribution in [0.5, 0.6) is 0 Å². The predicted molar refractivity (Wildman–Crippen MR) is 62.1 cm³/mol. The van der Waals surface area contributed by atoms with Crippen molar-refractivity contribution in [1.82, 2.24) is 0 Å². The second kappa shape index (κ2) is 4.98. The molecule has 1 nitrogen and oxygen atoms in total. The van der Waals surface area contributed by atoms with E-state index in [-0.39, 0.29) is 12.2 Å². The van der Waals surface area contributed by atoms with E-state index in [1.807, 2.05) is 0 Å². The van der Waals surface area contributed by atoms with E-state index in [0.717, 1.165) is 24.2 Å². The second-order valence-electron chi connectivity index (χ2n) is 4.10. The molecule has 2 rings (SSSR count). The first-order valence-corrected chi connectivity index (χ1v) is 6.51. The van der Waals surface area contributed by atoms with Gasteiger partial charge in [-0.25, -0.2) is 0 Å². The molecule has 5 heteroatoms. The first kappa shape index (κ1) is 12.9. The van der Waals surface area contributed by atoms with Gasteiger partial charge in [0.1, 0.15) is 0 Å². The monoisotopic (exact) mass is 308 g/mol. The fraction of sp³-hybridized carbons (Fsp3) is 0.500. The van der Waals surface area contributed by atoms with Crippen LogP contribution in [-0.2, 0) is 10.9 Å². The van der Waals surface area contributed by atoms with Crippen molar-refractivity contribution < 1.29 is 17.9 Å². The average Bonchev–Trinajstić information content (AvgIpc) is 2.76. The molecule has 1 fully saturated rings. The summed E-state index contributed by atoms with van der Waals surface area (Å²) in [5.74, 6) is 0. The summed E-state index contributed by atoms with van der Waals surface area (Å²) < 4.78 is 43.3. The predicted octanol–water partition coefficient (Wildman–Crippen LogP) is 4.32. The summed E-state index contributed by atoms with van der Waals surface area (Å²) >= 11 is 3.32. The van der Waals surface area contributed by atoms with Gasteiger partial charge in [0, 0.05) is 5.33 Å². The van der Waals surface area contributed by atoms with E-state index in [4.69, 9.17) is 4.74 Å². The first-order valence-electron chi connectivity index (χ1n) is 5.39. The summed E-state index contributed by atoms with van der Waals surface area (Å²) in [5, 5.41) is 0.725. The molecule has 1 saturated heterocycles. The van der Waals surface area contributed by atoms with Gasteiger partial charge in [0.15, 0.2) is 0 Å². The van der Waals surface area contributed by atoms with Crippen molar-refractivity contribution in [2.45, 2.75) is 31.2 Å². The average molecular weight is 309 g/mol. The Balaban J connectivity index is 2.17. The standard InChI is InChI=1S/C12H12BrF3O/c13-7-10-4-5-11(17-10)8-2-1-3-9(6-8)12(14,15)16/h1-3,6,10-11H,4-5,7H2/t10-,11-/m1/s1. The maximum atomic E-state index is 12.5. The molecule has 1 aliphatic rings. The smallest absolute Gasteiger partial charge is 0.369 e. The van der Waals surface area contributed by atoms with Gasteiger partial charge < -0.3 is 4.74 Å². The van der Waals surface area contributed by atoms with E-state index in [1.54, 1.807) is 6.07 Å². The minimum atomic E-state index is -4.29. The molecule has 0 spiro atoms. The molecule has 0 aliphatic carbocycles. The van der Waals surface area contributed by atoms with E-state index < -0.39 is 11.7 Å². The topological polar surface area (TPSA) is 9.23 Å². The molecule has 0 saturated carbocycles. The molecule has 0 bridgehead atoms. The number of hydrogen-bond acceptors (Lipinski definition) is 1. The van der Waals surface area contributed by atoms with Crippen molar-refractivity contribution >= 4 is 15.9 Å². The van der Waals surface area contributed by atoms with Crippen LogP contribution >= 0.6 is 15.9 Å². The molecule has 0 radical (unpaired) electrons. The zero-order chi connectivity index (χ0) is 12.5. The highest BCUT2D eigenvalue weighted by molar-refractivity contribution is 9.09. The third-order valence-corrected chi connectivity index (χ3v) is 3.59. The SMILES string of the molecule is FC(F)(F)c1cccc([C@H]2CC[C@H](CBr)O2)c1. The van der Waals surface area contributed by atoms with E-state index in [2.05, 4.69) is 15.9 Å². The molecule has 1 aromatic carbocycles. The number of rotatable bonds is 2. The largest absolute Gasteiger partial charge is 0.416 e. The molecule has 1 heterocycles. The zero-order valence-corrected chi connectivity index (χ0v) is 10.6. The molecule has 2 atom stereocenters. The molecule has 1 aromatic rings. The van der Waals surface area contributed by atoms with Crippen molar-refractivity contribution in [2.24, 2.45) is 0 Å². The van der Waals surface area contributed by atoms with Gasteiger partial charge in [-0.1, -0.05) is 28.1 Å². The molecular weight excluding hydrogens is 297 g/mol. The highest BCUT2D eigenvalue weighted by atomic mass is 79.9. The van der Waals surface area contributed by atoms with Crippen LogP contribution in [0.4, 0.5) is 13.2 Å². The molecule has 0 N–H and O–H groups in total. The van der Waals surface area contributed by atoms with Crippen molar-refractivity contribution in [3.63, 3.8) is 0 Å². The fourth-order valence-corrected chi connectivity index (χ4v) is 2.46. The lowest BCUT2D eigenvalue weighted by atomic mass is 10.0. The molecule has 94 valence electrons. The third kappa shape index (κ3) is 3.01. The van der Waals surface area contributed by atoms with Crippen LogP contribution in [-0.4, -0.2) is 11.4 Å². The van der Waals surface area contributed by atoms with Crippen molar-refractivity contribution in [3.05, 3.63) is 35.4 Å². The molecular formula is C12H12BrF3O. The number of hydrogen-bond donors (Lipinski definition) is 0. The highest BCUT2D eigenvalue weighted by Crippen LogP contribution is 2.36. The van der Waals surface area contributed by atoms with Crippen LogP contribution in [0.25, 0.3) is 0 Å². The number of halogens is 4. The Morgan fingerprint density at radius 1 is 1.29 bits per heavy atom. The zero-order valence-electron chi connectivity index (χ0n) is 9.01. The van der Waals surface area contributed by atoms with Crippen molar-refractivity contribution in [1.29, 1.82) is 0 Å². The summed E-state index contributed by atoms with van der Waals surface area (Å²) in [4.78, 5) is 0. The summed E-state index contributed by atoms with van der Waals surface area (Å²) in [6.07, 6.45) is -2.73. The summed E-state index contributed by atoms with van der Waals surface area (Å²) in [6.45, 7) is 0. The number of alkyl halides is 4. The Labute approximate surface area is 106 Å². The lowest BCUT2D eigenvalue weighted by Gasteiger charge is -2.14. The maximum Gasteiger partial charge on any atom is 0.416 e. The van der Waals surface area contributed by atoms with Crippen molar-refractivity contribution in [3.8, 4) is 0 Å². The van der Waals surface area contributed by atoms with Gasteiger partial charge in [0.25, 0.3) is 0 Å². The summed E-state index contributed by atoms with van der Waals surface area (Å²) in [7, 11) is 0. The number of ether oxygens (including phenoxy) is 1. The molecule has 0 unspecified atom stereocenters. The molecule has 0 aromatic heterocycles. The Kier molecular flexibility index (Phi) is 3.78. The van der Waals surface area contributed by atoms with Gasteiger partial charge in [0.2, 0.25) is 0 Å². The Morgan fingerprint density at radius 2 is 2.06 bits per heavy atom. The third-order valence-electron chi connectivity index (χ3n) is 2.87. The lowest BCUT2D eigenvalue weighted by molar-refractivity contribution is -0.137. The normalized spacial score (nSPS) is 25.2. The molecule has 0 amide bonds. The summed E-state index contributed by atoms with van der Waals surface area (Å²) in [5.41, 5.74) is 0.00386. The van der Waals surface area contributed by atoms with E-state index >= 15 is 0 Å². The number of benzene rings is 1. The molecule has 1 aliphatic heterocycles. The van der Waals surface area contributed by atoms with E-state index in [0.29, 0.717) is 5.56 Å². The van der Waals surface area contributed by atoms with Crippen molar-refractivity contribution in [2.75, 3.05) is 5.33 Å². The van der Waals surface area contributed by atoms with E-state index in [1.165, 1.54) is 12.1 Å². The van der Waals surface area contributed by atoms with Crippen LogP contribution in [0.1, 0.15) is 30.1 Å². The minimum absolute atomic E-state index is 0.106. The van der Waals surface area contributed by atoms with Crippen LogP contribution in [0.3, 0.4) is 0 Å². The quantitative estimate of drug-likeness (QED) is 0.739. The highest BCUT2D eigenvalue weighted by Gasteiger charge is 2.32. The van der Waals surface area contributed by atoms with Gasteiger partial charge >= 0.3 is 6.18 Å². The van der Waals surface area contributed by atoms with Gasteiger partial charge in [-0.2, -0.15) is 13.2 Å².